The first-order valence-corrected chi connectivity index (χ1v) is 4.55. The van der Waals surface area contributed by atoms with Gasteiger partial charge in [0.25, 0.3) is 0 Å². The standard InChI is InChI=1S/C9H10O4/c1-9-5-3-2-4(12-5)6(9)7(10)13-8(9)11/h4-6H,2-3H2,1H3/t4-,5+,6?,9+/m1/s1. The minimum atomic E-state index is -0.681. The molecule has 0 N–H and O–H groups in total. The van der Waals surface area contributed by atoms with E-state index in [1.54, 1.807) is 6.92 Å². The third kappa shape index (κ3) is 0.633. The molecule has 4 heteroatoms. The number of esters is 2. The maximum absolute atomic E-state index is 11.5. The lowest BCUT2D eigenvalue weighted by Crippen LogP contribution is -2.40. The number of carbonyl (C=O) groups is 2. The van der Waals surface area contributed by atoms with Crippen LogP contribution in [0.1, 0.15) is 19.8 Å². The van der Waals surface area contributed by atoms with Crippen molar-refractivity contribution in [2.75, 3.05) is 0 Å². The second-order valence-electron chi connectivity index (χ2n) is 4.21. The van der Waals surface area contributed by atoms with E-state index in [1.165, 1.54) is 0 Å². The largest absolute Gasteiger partial charge is 0.392 e. The van der Waals surface area contributed by atoms with Gasteiger partial charge in [0.05, 0.1) is 12.2 Å². The summed E-state index contributed by atoms with van der Waals surface area (Å²) < 4.78 is 10.2. The van der Waals surface area contributed by atoms with E-state index < -0.39 is 11.4 Å². The van der Waals surface area contributed by atoms with E-state index in [0.717, 1.165) is 12.8 Å². The Balaban J connectivity index is 2.12. The highest BCUT2D eigenvalue weighted by Crippen LogP contribution is 2.55. The average Bonchev–Trinajstić information content (AvgIpc) is 2.66. The van der Waals surface area contributed by atoms with Crippen molar-refractivity contribution < 1.29 is 19.1 Å². The monoisotopic (exact) mass is 182 g/mol. The quantitative estimate of drug-likeness (QED) is 0.398. The molecular weight excluding hydrogens is 172 g/mol. The van der Waals surface area contributed by atoms with E-state index in [1.807, 2.05) is 0 Å². The zero-order valence-corrected chi connectivity index (χ0v) is 7.28. The molecule has 0 spiro atoms. The maximum Gasteiger partial charge on any atom is 0.323 e. The second kappa shape index (κ2) is 1.95. The Labute approximate surface area is 75.2 Å². The number of rotatable bonds is 0. The van der Waals surface area contributed by atoms with E-state index in [-0.39, 0.29) is 24.1 Å². The van der Waals surface area contributed by atoms with Crippen molar-refractivity contribution in [1.29, 1.82) is 0 Å². The van der Waals surface area contributed by atoms with Gasteiger partial charge in [-0.15, -0.1) is 0 Å². The molecular formula is C9H10O4. The third-order valence-corrected chi connectivity index (χ3v) is 3.63. The average molecular weight is 182 g/mol. The van der Waals surface area contributed by atoms with Gasteiger partial charge in [-0.05, 0) is 19.8 Å². The van der Waals surface area contributed by atoms with Crippen LogP contribution in [-0.2, 0) is 19.1 Å². The molecule has 4 atom stereocenters. The fourth-order valence-corrected chi connectivity index (χ4v) is 2.86. The van der Waals surface area contributed by atoms with Crippen LogP contribution in [0.15, 0.2) is 0 Å². The number of hydrogen-bond acceptors (Lipinski definition) is 4. The summed E-state index contributed by atoms with van der Waals surface area (Å²) in [4.78, 5) is 22.8. The van der Waals surface area contributed by atoms with Crippen LogP contribution in [-0.4, -0.2) is 24.1 Å². The van der Waals surface area contributed by atoms with Crippen LogP contribution in [0.5, 0.6) is 0 Å². The van der Waals surface area contributed by atoms with E-state index in [9.17, 15) is 9.59 Å². The number of carbonyl (C=O) groups excluding carboxylic acids is 2. The van der Waals surface area contributed by atoms with E-state index in [2.05, 4.69) is 4.74 Å². The van der Waals surface area contributed by atoms with Crippen molar-refractivity contribution in [3.63, 3.8) is 0 Å². The SMILES string of the molecule is C[C@@]12C(=O)OC(=O)C1[C@H]1CC[C@@H]2O1. The first-order valence-electron chi connectivity index (χ1n) is 4.55. The van der Waals surface area contributed by atoms with Gasteiger partial charge in [0.1, 0.15) is 11.3 Å². The predicted octanol–water partition coefficient (Wildman–Crippen LogP) is 0.253. The van der Waals surface area contributed by atoms with Crippen molar-refractivity contribution in [3.05, 3.63) is 0 Å². The number of fused-ring (bicyclic) bond motifs is 5. The zero-order chi connectivity index (χ0) is 9.22. The summed E-state index contributed by atoms with van der Waals surface area (Å²) in [5.41, 5.74) is -0.681. The molecule has 3 saturated heterocycles. The molecule has 0 aromatic rings. The Morgan fingerprint density at radius 1 is 1.38 bits per heavy atom. The Kier molecular flexibility index (Phi) is 1.12. The highest BCUT2D eigenvalue weighted by Gasteiger charge is 2.69. The molecule has 3 rings (SSSR count). The van der Waals surface area contributed by atoms with Crippen LogP contribution in [0.25, 0.3) is 0 Å². The summed E-state index contributed by atoms with van der Waals surface area (Å²) in [6.07, 6.45) is 1.59. The summed E-state index contributed by atoms with van der Waals surface area (Å²) in [7, 11) is 0. The van der Waals surface area contributed by atoms with Gasteiger partial charge in [0.15, 0.2) is 0 Å². The minimum absolute atomic E-state index is 0.0750. The van der Waals surface area contributed by atoms with Crippen molar-refractivity contribution in [2.24, 2.45) is 11.3 Å². The Hall–Kier alpha value is -0.900. The third-order valence-electron chi connectivity index (χ3n) is 3.63. The first-order chi connectivity index (χ1) is 6.14. The smallest absolute Gasteiger partial charge is 0.323 e. The number of ether oxygens (including phenoxy) is 2. The van der Waals surface area contributed by atoms with E-state index in [4.69, 9.17) is 4.74 Å². The van der Waals surface area contributed by atoms with Crippen LogP contribution < -0.4 is 0 Å². The van der Waals surface area contributed by atoms with Gasteiger partial charge in [0, 0.05) is 0 Å². The fraction of sp³-hybridized carbons (Fsp3) is 0.778. The van der Waals surface area contributed by atoms with Gasteiger partial charge in [-0.25, -0.2) is 0 Å². The maximum atomic E-state index is 11.5. The van der Waals surface area contributed by atoms with Crippen molar-refractivity contribution in [1.82, 2.24) is 0 Å². The molecule has 0 aliphatic carbocycles. The molecule has 70 valence electrons. The Morgan fingerprint density at radius 3 is 2.85 bits per heavy atom. The topological polar surface area (TPSA) is 52.6 Å². The van der Waals surface area contributed by atoms with Gasteiger partial charge >= 0.3 is 11.9 Å². The van der Waals surface area contributed by atoms with Crippen LogP contribution in [0.3, 0.4) is 0 Å². The molecule has 3 heterocycles. The zero-order valence-electron chi connectivity index (χ0n) is 7.28. The Bertz CT molecular complexity index is 311. The predicted molar refractivity (Wildman–Crippen MR) is 40.6 cm³/mol. The number of hydrogen-bond donors (Lipinski definition) is 0. The van der Waals surface area contributed by atoms with Gasteiger partial charge in [-0.1, -0.05) is 0 Å². The van der Waals surface area contributed by atoms with Crippen molar-refractivity contribution in [2.45, 2.75) is 32.0 Å². The summed E-state index contributed by atoms with van der Waals surface area (Å²) >= 11 is 0. The lowest BCUT2D eigenvalue weighted by molar-refractivity contribution is -0.158. The van der Waals surface area contributed by atoms with E-state index in [0.29, 0.717) is 0 Å². The molecule has 3 aliphatic heterocycles. The molecule has 0 amide bonds. The summed E-state index contributed by atoms with van der Waals surface area (Å²) in [6.45, 7) is 1.79. The highest BCUT2D eigenvalue weighted by atomic mass is 16.6. The summed E-state index contributed by atoms with van der Waals surface area (Å²) in [5, 5.41) is 0. The summed E-state index contributed by atoms with van der Waals surface area (Å²) in [6, 6.07) is 0. The lowest BCUT2D eigenvalue weighted by Gasteiger charge is -2.25. The molecule has 4 nitrogen and oxygen atoms in total. The summed E-state index contributed by atoms with van der Waals surface area (Å²) in [5.74, 6) is -1.12. The molecule has 1 unspecified atom stereocenters. The van der Waals surface area contributed by atoms with Crippen LogP contribution in [0.2, 0.25) is 0 Å². The van der Waals surface area contributed by atoms with Crippen LogP contribution >= 0.6 is 0 Å². The molecule has 0 saturated carbocycles. The molecule has 0 aromatic heterocycles. The molecule has 3 fully saturated rings. The minimum Gasteiger partial charge on any atom is -0.392 e. The van der Waals surface area contributed by atoms with Crippen molar-refractivity contribution in [3.8, 4) is 0 Å². The highest BCUT2D eigenvalue weighted by molar-refractivity contribution is 6.00. The number of cyclic esters (lactones) is 2. The molecule has 0 aromatic carbocycles. The van der Waals surface area contributed by atoms with Gasteiger partial charge in [-0.3, -0.25) is 9.59 Å². The second-order valence-corrected chi connectivity index (χ2v) is 4.21. The van der Waals surface area contributed by atoms with Crippen LogP contribution in [0, 0.1) is 11.3 Å². The fourth-order valence-electron chi connectivity index (χ4n) is 2.86. The molecule has 0 radical (unpaired) electrons. The lowest BCUT2D eigenvalue weighted by atomic mass is 9.69. The normalized spacial score (nSPS) is 52.5. The van der Waals surface area contributed by atoms with Gasteiger partial charge in [0.2, 0.25) is 0 Å². The Morgan fingerprint density at radius 2 is 2.15 bits per heavy atom. The van der Waals surface area contributed by atoms with Crippen molar-refractivity contribution >= 4 is 11.9 Å². The molecule has 2 bridgehead atoms. The van der Waals surface area contributed by atoms with Gasteiger partial charge < -0.3 is 9.47 Å². The molecule has 3 aliphatic rings. The van der Waals surface area contributed by atoms with Crippen LogP contribution in [0.4, 0.5) is 0 Å². The molecule has 13 heavy (non-hydrogen) atoms. The first kappa shape index (κ1) is 7.50. The van der Waals surface area contributed by atoms with Gasteiger partial charge in [-0.2, -0.15) is 0 Å². The van der Waals surface area contributed by atoms with E-state index >= 15 is 0 Å².